The van der Waals surface area contributed by atoms with E-state index in [4.69, 9.17) is 14.0 Å². The molecule has 0 aromatic heterocycles. The van der Waals surface area contributed by atoms with Crippen molar-refractivity contribution < 1.29 is 27.2 Å². The SMILES string of the molecule is CC(CNC(=O)CS(=O)(=O)O)OCC1CO1. The summed E-state index contributed by atoms with van der Waals surface area (Å²) in [6, 6.07) is 0. The first-order valence-electron chi connectivity index (χ1n) is 4.82. The van der Waals surface area contributed by atoms with Crippen molar-refractivity contribution in [3.63, 3.8) is 0 Å². The zero-order valence-corrected chi connectivity index (χ0v) is 9.70. The van der Waals surface area contributed by atoms with Crippen molar-refractivity contribution in [2.45, 2.75) is 19.1 Å². The van der Waals surface area contributed by atoms with Gasteiger partial charge in [-0.15, -0.1) is 0 Å². The number of ether oxygens (including phenoxy) is 2. The predicted molar refractivity (Wildman–Crippen MR) is 54.6 cm³/mol. The molecule has 16 heavy (non-hydrogen) atoms. The average Bonchev–Trinajstić information content (AvgIpc) is 2.92. The maximum atomic E-state index is 11.0. The minimum absolute atomic E-state index is 0.149. The number of carbonyl (C=O) groups is 1. The summed E-state index contributed by atoms with van der Waals surface area (Å²) in [4.78, 5) is 11.0. The molecule has 0 aromatic carbocycles. The van der Waals surface area contributed by atoms with Crippen LogP contribution in [0.5, 0.6) is 0 Å². The Kier molecular flexibility index (Phi) is 4.66. The van der Waals surface area contributed by atoms with Gasteiger partial charge in [-0.25, -0.2) is 0 Å². The Labute approximate surface area is 93.9 Å². The van der Waals surface area contributed by atoms with Crippen molar-refractivity contribution in [3.8, 4) is 0 Å². The highest BCUT2D eigenvalue weighted by molar-refractivity contribution is 7.86. The standard InChI is InChI=1S/C8H15NO6S/c1-6(14-3-7-4-15-7)2-9-8(10)5-16(11,12)13/h6-7H,2-5H2,1H3,(H,9,10)(H,11,12,13). The molecule has 1 saturated heterocycles. The van der Waals surface area contributed by atoms with E-state index >= 15 is 0 Å². The molecule has 0 aliphatic carbocycles. The van der Waals surface area contributed by atoms with Gasteiger partial charge in [0.25, 0.3) is 10.1 Å². The summed E-state index contributed by atoms with van der Waals surface area (Å²) in [5.41, 5.74) is 0. The van der Waals surface area contributed by atoms with Crippen LogP contribution in [0.2, 0.25) is 0 Å². The number of carbonyl (C=O) groups excluding carboxylic acids is 1. The smallest absolute Gasteiger partial charge is 0.274 e. The molecule has 1 heterocycles. The van der Waals surface area contributed by atoms with Gasteiger partial charge in [0, 0.05) is 6.54 Å². The molecule has 7 nitrogen and oxygen atoms in total. The molecule has 1 fully saturated rings. The van der Waals surface area contributed by atoms with E-state index in [1.807, 2.05) is 0 Å². The minimum atomic E-state index is -4.26. The van der Waals surface area contributed by atoms with Crippen LogP contribution in [-0.2, 0) is 24.4 Å². The van der Waals surface area contributed by atoms with Gasteiger partial charge in [-0.3, -0.25) is 9.35 Å². The zero-order valence-electron chi connectivity index (χ0n) is 8.88. The Bertz CT molecular complexity index is 336. The predicted octanol–water partition coefficient (Wildman–Crippen LogP) is -1.21. The molecule has 94 valence electrons. The lowest BCUT2D eigenvalue weighted by molar-refractivity contribution is -0.119. The number of epoxide rings is 1. The van der Waals surface area contributed by atoms with Gasteiger partial charge < -0.3 is 14.8 Å². The van der Waals surface area contributed by atoms with E-state index in [-0.39, 0.29) is 18.8 Å². The zero-order chi connectivity index (χ0) is 12.2. The number of nitrogens with one attached hydrogen (secondary N) is 1. The van der Waals surface area contributed by atoms with Gasteiger partial charge in [-0.2, -0.15) is 8.42 Å². The third kappa shape index (κ3) is 6.72. The summed E-state index contributed by atoms with van der Waals surface area (Å²) in [7, 11) is -4.26. The number of rotatable bonds is 7. The number of hydrogen-bond donors (Lipinski definition) is 2. The highest BCUT2D eigenvalue weighted by Crippen LogP contribution is 2.09. The Hall–Kier alpha value is -0.700. The lowest BCUT2D eigenvalue weighted by Gasteiger charge is -2.12. The maximum Gasteiger partial charge on any atom is 0.274 e. The van der Waals surface area contributed by atoms with Crippen molar-refractivity contribution in [2.24, 2.45) is 0 Å². The fourth-order valence-electron chi connectivity index (χ4n) is 0.969. The van der Waals surface area contributed by atoms with Crippen molar-refractivity contribution in [3.05, 3.63) is 0 Å². The largest absolute Gasteiger partial charge is 0.374 e. The van der Waals surface area contributed by atoms with Crippen molar-refractivity contribution in [1.82, 2.24) is 5.32 Å². The molecule has 0 saturated carbocycles. The highest BCUT2D eigenvalue weighted by atomic mass is 32.2. The van der Waals surface area contributed by atoms with E-state index in [0.717, 1.165) is 0 Å². The Morgan fingerprint density at radius 2 is 2.31 bits per heavy atom. The van der Waals surface area contributed by atoms with Crippen LogP contribution in [-0.4, -0.2) is 56.6 Å². The van der Waals surface area contributed by atoms with Gasteiger partial charge in [0.15, 0.2) is 5.75 Å². The topological polar surface area (TPSA) is 105 Å². The monoisotopic (exact) mass is 253 g/mol. The molecule has 1 aliphatic heterocycles. The molecule has 1 amide bonds. The quantitative estimate of drug-likeness (QED) is 0.436. The molecule has 0 radical (unpaired) electrons. The second-order valence-electron chi connectivity index (χ2n) is 3.63. The lowest BCUT2D eigenvalue weighted by Crippen LogP contribution is -2.36. The second-order valence-corrected chi connectivity index (χ2v) is 5.08. The maximum absolute atomic E-state index is 11.0. The van der Waals surface area contributed by atoms with Crippen LogP contribution in [0.3, 0.4) is 0 Å². The van der Waals surface area contributed by atoms with E-state index in [1.165, 1.54) is 0 Å². The minimum Gasteiger partial charge on any atom is -0.374 e. The Balaban J connectivity index is 2.09. The molecule has 2 unspecified atom stereocenters. The van der Waals surface area contributed by atoms with E-state index < -0.39 is 21.8 Å². The molecule has 0 aromatic rings. The summed E-state index contributed by atoms with van der Waals surface area (Å²) < 4.78 is 39.3. The van der Waals surface area contributed by atoms with Crippen LogP contribution in [0.4, 0.5) is 0 Å². The van der Waals surface area contributed by atoms with Gasteiger partial charge in [-0.1, -0.05) is 0 Å². The molecule has 1 rings (SSSR count). The summed E-state index contributed by atoms with van der Waals surface area (Å²) in [5, 5.41) is 2.34. The van der Waals surface area contributed by atoms with Gasteiger partial charge in [-0.05, 0) is 6.92 Å². The van der Waals surface area contributed by atoms with Crippen LogP contribution in [0.25, 0.3) is 0 Å². The van der Waals surface area contributed by atoms with Crippen molar-refractivity contribution >= 4 is 16.0 Å². The molecular formula is C8H15NO6S. The molecule has 2 atom stereocenters. The van der Waals surface area contributed by atoms with Crippen LogP contribution < -0.4 is 5.32 Å². The van der Waals surface area contributed by atoms with Gasteiger partial charge in [0.05, 0.1) is 19.3 Å². The normalized spacial score (nSPS) is 21.5. The van der Waals surface area contributed by atoms with Gasteiger partial charge >= 0.3 is 0 Å². The van der Waals surface area contributed by atoms with Gasteiger partial charge in [0.2, 0.25) is 5.91 Å². The van der Waals surface area contributed by atoms with Crippen molar-refractivity contribution in [2.75, 3.05) is 25.5 Å². The summed E-state index contributed by atoms with van der Waals surface area (Å²) in [6.07, 6.45) is -0.0782. The molecule has 0 bridgehead atoms. The van der Waals surface area contributed by atoms with Crippen molar-refractivity contribution in [1.29, 1.82) is 0 Å². The third-order valence-corrected chi connectivity index (χ3v) is 2.50. The Morgan fingerprint density at radius 3 is 2.81 bits per heavy atom. The molecule has 1 aliphatic rings. The molecular weight excluding hydrogens is 238 g/mol. The lowest BCUT2D eigenvalue weighted by atomic mass is 10.4. The van der Waals surface area contributed by atoms with Crippen LogP contribution in [0, 0.1) is 0 Å². The summed E-state index contributed by atoms with van der Waals surface area (Å²) in [5.74, 6) is -1.67. The Morgan fingerprint density at radius 1 is 1.69 bits per heavy atom. The van der Waals surface area contributed by atoms with E-state index in [2.05, 4.69) is 5.32 Å². The van der Waals surface area contributed by atoms with Crippen LogP contribution in [0.15, 0.2) is 0 Å². The second kappa shape index (κ2) is 5.58. The third-order valence-electron chi connectivity index (χ3n) is 1.87. The fourth-order valence-corrected chi connectivity index (χ4v) is 1.40. The average molecular weight is 253 g/mol. The van der Waals surface area contributed by atoms with E-state index in [9.17, 15) is 13.2 Å². The molecule has 0 spiro atoms. The fraction of sp³-hybridized carbons (Fsp3) is 0.875. The van der Waals surface area contributed by atoms with Crippen LogP contribution >= 0.6 is 0 Å². The number of hydrogen-bond acceptors (Lipinski definition) is 5. The first-order valence-corrected chi connectivity index (χ1v) is 6.43. The molecule has 2 N–H and O–H groups in total. The van der Waals surface area contributed by atoms with Gasteiger partial charge in [0.1, 0.15) is 6.10 Å². The first-order chi connectivity index (χ1) is 7.37. The highest BCUT2D eigenvalue weighted by Gasteiger charge is 2.23. The van der Waals surface area contributed by atoms with E-state index in [1.54, 1.807) is 6.92 Å². The number of amides is 1. The molecule has 8 heteroatoms. The van der Waals surface area contributed by atoms with Crippen LogP contribution in [0.1, 0.15) is 6.92 Å². The summed E-state index contributed by atoms with van der Waals surface area (Å²) in [6.45, 7) is 3.11. The first kappa shape index (κ1) is 13.4. The van der Waals surface area contributed by atoms with E-state index in [0.29, 0.717) is 13.2 Å². The summed E-state index contributed by atoms with van der Waals surface area (Å²) >= 11 is 0.